The number of benzene rings is 1. The third-order valence-corrected chi connectivity index (χ3v) is 3.33. The Morgan fingerprint density at radius 1 is 1.18 bits per heavy atom. The summed E-state index contributed by atoms with van der Waals surface area (Å²) in [5.74, 6) is 0.758. The number of hydrogen-bond acceptors (Lipinski definition) is 4. The molecule has 1 N–H and O–H groups in total. The first kappa shape index (κ1) is 13.7. The van der Waals surface area contributed by atoms with E-state index in [1.165, 1.54) is 4.90 Å². The van der Waals surface area contributed by atoms with Gasteiger partial charge in [-0.25, -0.2) is 5.43 Å². The zero-order valence-corrected chi connectivity index (χ0v) is 10.4. The molecule has 0 unspecified atom stereocenters. The van der Waals surface area contributed by atoms with Gasteiger partial charge in [0.1, 0.15) is 0 Å². The van der Waals surface area contributed by atoms with Crippen molar-refractivity contribution >= 4 is 17.7 Å². The van der Waals surface area contributed by atoms with Gasteiger partial charge < -0.3 is 0 Å². The number of unbranched alkanes of at least 4 members (excludes halogenated alkanes) is 2. The number of carbonyl (C=O) groups is 1. The quantitative estimate of drug-likeness (QED) is 0.334. The van der Waals surface area contributed by atoms with Crippen molar-refractivity contribution < 1.29 is 4.79 Å². The number of amides is 1. The van der Waals surface area contributed by atoms with E-state index in [1.54, 1.807) is 0 Å². The highest BCUT2D eigenvalue weighted by molar-refractivity contribution is 7.99. The fraction of sp³-hybridized carbons (Fsp3) is 0.417. The summed E-state index contributed by atoms with van der Waals surface area (Å²) in [5, 5.41) is 2.34. The fourth-order valence-corrected chi connectivity index (χ4v) is 2.31. The molecule has 0 saturated carbocycles. The minimum absolute atomic E-state index is 0.296. The summed E-state index contributed by atoms with van der Waals surface area (Å²) in [7, 11) is 0. The molecule has 5 heteroatoms. The van der Waals surface area contributed by atoms with E-state index in [0.29, 0.717) is 6.42 Å². The summed E-state index contributed by atoms with van der Waals surface area (Å²) in [5.41, 5.74) is 1.89. The molecule has 0 spiro atoms. The highest BCUT2D eigenvalue weighted by Crippen LogP contribution is 2.18. The molecule has 1 rings (SSSR count). The number of rotatable bonds is 8. The highest BCUT2D eigenvalue weighted by Gasteiger charge is 1.99. The first-order valence-electron chi connectivity index (χ1n) is 5.62. The minimum atomic E-state index is -0.296. The number of nitrogens with zero attached hydrogens (tertiary/aromatic N) is 1. The molecular weight excluding hydrogens is 236 g/mol. The molecule has 0 saturated heterocycles. The monoisotopic (exact) mass is 252 g/mol. The normalized spacial score (nSPS) is 9.88. The predicted molar refractivity (Wildman–Crippen MR) is 69.6 cm³/mol. The van der Waals surface area contributed by atoms with Crippen LogP contribution in [0.3, 0.4) is 0 Å². The van der Waals surface area contributed by atoms with Crippen LogP contribution in [-0.2, 0) is 4.79 Å². The summed E-state index contributed by atoms with van der Waals surface area (Å²) in [6.45, 7) is 0. The smallest absolute Gasteiger partial charge is 0.242 e. The zero-order valence-electron chi connectivity index (χ0n) is 9.59. The lowest BCUT2D eigenvalue weighted by atomic mass is 10.2. The lowest BCUT2D eigenvalue weighted by Crippen LogP contribution is -2.15. The molecule has 1 aromatic carbocycles. The third-order valence-electron chi connectivity index (χ3n) is 2.23. The van der Waals surface area contributed by atoms with Crippen molar-refractivity contribution in [3.63, 3.8) is 0 Å². The van der Waals surface area contributed by atoms with E-state index in [2.05, 4.69) is 17.4 Å². The topological polar surface area (TPSA) is 58.5 Å². The maximum Gasteiger partial charge on any atom is 0.242 e. The van der Waals surface area contributed by atoms with E-state index in [-0.39, 0.29) is 5.91 Å². The van der Waals surface area contributed by atoms with Crippen LogP contribution in [0.5, 0.6) is 0 Å². The fourth-order valence-electron chi connectivity index (χ4n) is 1.38. The Hall–Kier alpha value is -1.36. The van der Waals surface area contributed by atoms with E-state index in [0.717, 1.165) is 25.0 Å². The Morgan fingerprint density at radius 3 is 2.65 bits per heavy atom. The van der Waals surface area contributed by atoms with Crippen molar-refractivity contribution in [1.29, 1.82) is 0 Å². The van der Waals surface area contributed by atoms with Crippen LogP contribution in [0.25, 0.3) is 0 Å². The van der Waals surface area contributed by atoms with Crippen molar-refractivity contribution in [1.82, 2.24) is 5.43 Å². The van der Waals surface area contributed by atoms with Gasteiger partial charge in [0, 0.05) is 11.3 Å². The van der Waals surface area contributed by atoms with Gasteiger partial charge in [-0.2, -0.15) is 0 Å². The van der Waals surface area contributed by atoms with Crippen LogP contribution in [-0.4, -0.2) is 11.7 Å². The SMILES string of the molecule is O=NNC(=O)CCCCCSc1ccccc1. The first-order chi connectivity index (χ1) is 8.33. The average Bonchev–Trinajstić information content (AvgIpc) is 2.35. The molecule has 0 atom stereocenters. The zero-order chi connectivity index (χ0) is 12.3. The van der Waals surface area contributed by atoms with E-state index >= 15 is 0 Å². The maximum atomic E-state index is 10.9. The molecule has 1 aromatic rings. The molecule has 0 aromatic heterocycles. The lowest BCUT2D eigenvalue weighted by Gasteiger charge is -2.01. The number of hydrogen-bond donors (Lipinski definition) is 1. The molecule has 4 nitrogen and oxygen atoms in total. The van der Waals surface area contributed by atoms with E-state index in [1.807, 2.05) is 35.4 Å². The number of nitroso groups, excluding NO2 is 1. The van der Waals surface area contributed by atoms with Crippen molar-refractivity contribution in [3.05, 3.63) is 35.2 Å². The summed E-state index contributed by atoms with van der Waals surface area (Å²) in [6, 6.07) is 10.2. The van der Waals surface area contributed by atoms with Gasteiger partial charge in [0.2, 0.25) is 5.91 Å². The molecule has 0 heterocycles. The number of nitrogens with one attached hydrogen (secondary N) is 1. The average molecular weight is 252 g/mol. The van der Waals surface area contributed by atoms with Gasteiger partial charge in [-0.05, 0) is 30.7 Å². The van der Waals surface area contributed by atoms with Gasteiger partial charge in [0.25, 0.3) is 0 Å². The number of carbonyl (C=O) groups excluding carboxylic acids is 1. The second-order valence-corrected chi connectivity index (χ2v) is 4.77. The van der Waals surface area contributed by atoms with Crippen molar-refractivity contribution in [2.24, 2.45) is 5.29 Å². The van der Waals surface area contributed by atoms with Gasteiger partial charge >= 0.3 is 0 Å². The van der Waals surface area contributed by atoms with E-state index in [9.17, 15) is 9.70 Å². The Kier molecular flexibility index (Phi) is 7.06. The Balaban J connectivity index is 1.98. The van der Waals surface area contributed by atoms with Gasteiger partial charge in [-0.3, -0.25) is 4.79 Å². The Labute approximate surface area is 105 Å². The molecule has 0 aliphatic rings. The van der Waals surface area contributed by atoms with E-state index < -0.39 is 0 Å². The third kappa shape index (κ3) is 6.73. The molecule has 0 bridgehead atoms. The van der Waals surface area contributed by atoms with Crippen molar-refractivity contribution in [3.8, 4) is 0 Å². The summed E-state index contributed by atoms with van der Waals surface area (Å²) >= 11 is 1.82. The molecule has 0 radical (unpaired) electrons. The van der Waals surface area contributed by atoms with Gasteiger partial charge in [-0.15, -0.1) is 16.7 Å². The first-order valence-corrected chi connectivity index (χ1v) is 6.60. The summed E-state index contributed by atoms with van der Waals surface area (Å²) < 4.78 is 0. The van der Waals surface area contributed by atoms with Crippen molar-refractivity contribution in [2.45, 2.75) is 30.6 Å². The standard InChI is InChI=1S/C12H16N2O2S/c15-12(13-14-16)9-5-2-6-10-17-11-7-3-1-4-8-11/h1,3-4,7-8H,2,5-6,9-10H2,(H,13,15,16). The molecule has 17 heavy (non-hydrogen) atoms. The summed E-state index contributed by atoms with van der Waals surface area (Å²) in [6.07, 6.45) is 3.24. The van der Waals surface area contributed by atoms with Crippen LogP contribution in [0.2, 0.25) is 0 Å². The lowest BCUT2D eigenvalue weighted by molar-refractivity contribution is -0.121. The molecule has 0 aliphatic heterocycles. The molecule has 1 amide bonds. The molecular formula is C12H16N2O2S. The molecule has 92 valence electrons. The Bertz CT molecular complexity index is 344. The highest BCUT2D eigenvalue weighted by atomic mass is 32.2. The van der Waals surface area contributed by atoms with E-state index in [4.69, 9.17) is 0 Å². The van der Waals surface area contributed by atoms with Crippen LogP contribution in [0.4, 0.5) is 0 Å². The Morgan fingerprint density at radius 2 is 1.94 bits per heavy atom. The van der Waals surface area contributed by atoms with Crippen LogP contribution in [0, 0.1) is 4.91 Å². The van der Waals surface area contributed by atoms with Crippen LogP contribution >= 0.6 is 11.8 Å². The molecule has 0 aliphatic carbocycles. The van der Waals surface area contributed by atoms with Crippen molar-refractivity contribution in [2.75, 3.05) is 5.75 Å². The van der Waals surface area contributed by atoms with Crippen LogP contribution in [0.1, 0.15) is 25.7 Å². The van der Waals surface area contributed by atoms with Gasteiger partial charge in [0.15, 0.2) is 0 Å². The second-order valence-electron chi connectivity index (χ2n) is 3.60. The van der Waals surface area contributed by atoms with Gasteiger partial charge in [0.05, 0.1) is 5.29 Å². The van der Waals surface area contributed by atoms with Crippen LogP contribution < -0.4 is 5.43 Å². The summed E-state index contributed by atoms with van der Waals surface area (Å²) in [4.78, 5) is 21.9. The second kappa shape index (κ2) is 8.75. The maximum absolute atomic E-state index is 10.9. The number of thioether (sulfide) groups is 1. The predicted octanol–water partition coefficient (Wildman–Crippen LogP) is 3.14. The van der Waals surface area contributed by atoms with Crippen LogP contribution in [0.15, 0.2) is 40.5 Å². The van der Waals surface area contributed by atoms with Gasteiger partial charge in [-0.1, -0.05) is 24.6 Å². The molecule has 0 fully saturated rings. The largest absolute Gasteiger partial charge is 0.273 e. The minimum Gasteiger partial charge on any atom is -0.273 e.